The zero-order valence-electron chi connectivity index (χ0n) is 14.1. The average molecular weight is 293 g/mol. The van der Waals surface area contributed by atoms with E-state index < -0.39 is 0 Å². The summed E-state index contributed by atoms with van der Waals surface area (Å²) >= 11 is 0. The summed E-state index contributed by atoms with van der Waals surface area (Å²) in [6.07, 6.45) is 8.94. The molecule has 0 spiro atoms. The molecule has 1 atom stereocenters. The van der Waals surface area contributed by atoms with E-state index >= 15 is 0 Å². The number of likely N-dealkylation sites (N-methyl/N-ethyl adjacent to an activating group) is 1. The number of rotatable bonds is 11. The summed E-state index contributed by atoms with van der Waals surface area (Å²) < 4.78 is 10.7. The fourth-order valence-corrected chi connectivity index (χ4v) is 2.63. The quantitative estimate of drug-likeness (QED) is 0.620. The summed E-state index contributed by atoms with van der Waals surface area (Å²) in [5.74, 6) is 1.61. The molecule has 0 amide bonds. The highest BCUT2D eigenvalue weighted by Crippen LogP contribution is 2.28. The van der Waals surface area contributed by atoms with E-state index in [-0.39, 0.29) is 0 Å². The zero-order chi connectivity index (χ0) is 15.5. The normalized spacial score (nSPS) is 12.2. The van der Waals surface area contributed by atoms with Crippen molar-refractivity contribution in [1.29, 1.82) is 0 Å². The van der Waals surface area contributed by atoms with Gasteiger partial charge in [0.25, 0.3) is 0 Å². The highest BCUT2D eigenvalue weighted by atomic mass is 16.5. The van der Waals surface area contributed by atoms with Crippen molar-refractivity contribution in [2.24, 2.45) is 0 Å². The molecule has 0 heterocycles. The van der Waals surface area contributed by atoms with Gasteiger partial charge in [0.1, 0.15) is 0 Å². The van der Waals surface area contributed by atoms with Crippen molar-refractivity contribution in [3.63, 3.8) is 0 Å². The Hall–Kier alpha value is -1.22. The lowest BCUT2D eigenvalue weighted by atomic mass is 9.99. The molecule has 0 aliphatic rings. The number of hydrogen-bond acceptors (Lipinski definition) is 3. The molecule has 21 heavy (non-hydrogen) atoms. The van der Waals surface area contributed by atoms with Crippen LogP contribution in [0.25, 0.3) is 0 Å². The summed E-state index contributed by atoms with van der Waals surface area (Å²) in [4.78, 5) is 0. The van der Waals surface area contributed by atoms with Gasteiger partial charge in [-0.25, -0.2) is 0 Å². The van der Waals surface area contributed by atoms with Gasteiger partial charge >= 0.3 is 0 Å². The molecule has 3 nitrogen and oxygen atoms in total. The van der Waals surface area contributed by atoms with Crippen molar-refractivity contribution in [2.45, 2.75) is 57.9 Å². The molecule has 1 rings (SSSR count). The molecule has 1 N–H and O–H groups in total. The summed E-state index contributed by atoms with van der Waals surface area (Å²) in [7, 11) is 5.41. The Morgan fingerprint density at radius 1 is 1.00 bits per heavy atom. The van der Waals surface area contributed by atoms with E-state index in [0.29, 0.717) is 6.04 Å². The van der Waals surface area contributed by atoms with Crippen molar-refractivity contribution in [3.05, 3.63) is 23.8 Å². The highest BCUT2D eigenvalue weighted by Gasteiger charge is 2.10. The largest absolute Gasteiger partial charge is 0.493 e. The van der Waals surface area contributed by atoms with E-state index in [0.717, 1.165) is 17.9 Å². The van der Waals surface area contributed by atoms with E-state index in [9.17, 15) is 0 Å². The second-order valence-corrected chi connectivity index (χ2v) is 5.58. The van der Waals surface area contributed by atoms with Crippen molar-refractivity contribution in [2.75, 3.05) is 21.3 Å². The van der Waals surface area contributed by atoms with E-state index in [1.54, 1.807) is 14.2 Å². The Kier molecular flexibility index (Phi) is 8.91. The van der Waals surface area contributed by atoms with Crippen LogP contribution in [-0.2, 0) is 6.42 Å². The first-order valence-electron chi connectivity index (χ1n) is 8.13. The van der Waals surface area contributed by atoms with Crippen molar-refractivity contribution >= 4 is 0 Å². The van der Waals surface area contributed by atoms with Gasteiger partial charge in [-0.05, 0) is 37.6 Å². The molecule has 120 valence electrons. The van der Waals surface area contributed by atoms with Crippen LogP contribution in [-0.4, -0.2) is 27.3 Å². The van der Waals surface area contributed by atoms with Gasteiger partial charge in [-0.2, -0.15) is 0 Å². The Morgan fingerprint density at radius 3 is 2.33 bits per heavy atom. The molecular formula is C18H31NO2. The lowest BCUT2D eigenvalue weighted by Crippen LogP contribution is -2.27. The SMILES string of the molecule is CCCCCCCC(Cc1ccc(OC)c(OC)c1)NC. The third kappa shape index (κ3) is 6.38. The smallest absolute Gasteiger partial charge is 0.160 e. The molecule has 0 fully saturated rings. The number of hydrogen-bond donors (Lipinski definition) is 1. The minimum atomic E-state index is 0.532. The van der Waals surface area contributed by atoms with E-state index in [2.05, 4.69) is 31.4 Å². The lowest BCUT2D eigenvalue weighted by molar-refractivity contribution is 0.354. The molecule has 0 bridgehead atoms. The standard InChI is InChI=1S/C18H31NO2/c1-5-6-7-8-9-10-16(19-2)13-15-11-12-17(20-3)18(14-15)21-4/h11-12,14,16,19H,5-10,13H2,1-4H3. The predicted molar refractivity (Wildman–Crippen MR) is 89.5 cm³/mol. The monoisotopic (exact) mass is 293 g/mol. The molecule has 0 saturated heterocycles. The molecular weight excluding hydrogens is 262 g/mol. The third-order valence-electron chi connectivity index (χ3n) is 3.99. The molecule has 1 aromatic rings. The van der Waals surface area contributed by atoms with Gasteiger partial charge in [0.2, 0.25) is 0 Å². The van der Waals surface area contributed by atoms with Gasteiger partial charge in [-0.15, -0.1) is 0 Å². The molecule has 0 aromatic heterocycles. The maximum absolute atomic E-state index is 5.37. The lowest BCUT2D eigenvalue weighted by Gasteiger charge is -2.17. The minimum Gasteiger partial charge on any atom is -0.493 e. The fourth-order valence-electron chi connectivity index (χ4n) is 2.63. The van der Waals surface area contributed by atoms with E-state index in [1.165, 1.54) is 44.1 Å². The number of methoxy groups -OCH3 is 2. The van der Waals surface area contributed by atoms with Gasteiger partial charge in [0.05, 0.1) is 14.2 Å². The number of ether oxygens (including phenoxy) is 2. The van der Waals surface area contributed by atoms with Crippen LogP contribution in [0.3, 0.4) is 0 Å². The summed E-state index contributed by atoms with van der Waals surface area (Å²) in [5.41, 5.74) is 1.29. The first-order valence-corrected chi connectivity index (χ1v) is 8.13. The van der Waals surface area contributed by atoms with Crippen LogP contribution in [0.1, 0.15) is 51.0 Å². The fraction of sp³-hybridized carbons (Fsp3) is 0.667. The van der Waals surface area contributed by atoms with Gasteiger partial charge in [0.15, 0.2) is 11.5 Å². The molecule has 0 radical (unpaired) electrons. The third-order valence-corrected chi connectivity index (χ3v) is 3.99. The zero-order valence-corrected chi connectivity index (χ0v) is 14.1. The van der Waals surface area contributed by atoms with Crippen LogP contribution >= 0.6 is 0 Å². The molecule has 0 aliphatic heterocycles. The Bertz CT molecular complexity index is 393. The van der Waals surface area contributed by atoms with Crippen LogP contribution in [0.2, 0.25) is 0 Å². The van der Waals surface area contributed by atoms with Crippen LogP contribution in [0, 0.1) is 0 Å². The van der Waals surface area contributed by atoms with Crippen LogP contribution in [0.4, 0.5) is 0 Å². The maximum Gasteiger partial charge on any atom is 0.160 e. The first kappa shape index (κ1) is 17.8. The van der Waals surface area contributed by atoms with Crippen molar-refractivity contribution in [1.82, 2.24) is 5.32 Å². The van der Waals surface area contributed by atoms with Crippen LogP contribution in [0.5, 0.6) is 11.5 Å². The van der Waals surface area contributed by atoms with Gasteiger partial charge < -0.3 is 14.8 Å². The molecule has 0 saturated carbocycles. The van der Waals surface area contributed by atoms with Gasteiger partial charge in [0, 0.05) is 6.04 Å². The Balaban J connectivity index is 2.48. The second kappa shape index (κ2) is 10.5. The average Bonchev–Trinajstić information content (AvgIpc) is 2.53. The Labute approximate surface area is 130 Å². The van der Waals surface area contributed by atoms with Crippen LogP contribution in [0.15, 0.2) is 18.2 Å². The van der Waals surface area contributed by atoms with E-state index in [4.69, 9.17) is 9.47 Å². The molecule has 1 aromatic carbocycles. The van der Waals surface area contributed by atoms with Gasteiger partial charge in [-0.3, -0.25) is 0 Å². The highest BCUT2D eigenvalue weighted by molar-refractivity contribution is 5.43. The first-order chi connectivity index (χ1) is 10.2. The minimum absolute atomic E-state index is 0.532. The number of nitrogens with one attached hydrogen (secondary N) is 1. The van der Waals surface area contributed by atoms with Crippen molar-refractivity contribution in [3.8, 4) is 11.5 Å². The molecule has 0 aliphatic carbocycles. The maximum atomic E-state index is 5.37. The predicted octanol–water partition coefficient (Wildman–Crippen LogP) is 4.19. The number of benzene rings is 1. The topological polar surface area (TPSA) is 30.5 Å². The van der Waals surface area contributed by atoms with E-state index in [1.807, 2.05) is 6.07 Å². The van der Waals surface area contributed by atoms with Crippen molar-refractivity contribution < 1.29 is 9.47 Å². The second-order valence-electron chi connectivity index (χ2n) is 5.58. The summed E-state index contributed by atoms with van der Waals surface area (Å²) in [5, 5.41) is 3.44. The summed E-state index contributed by atoms with van der Waals surface area (Å²) in [6.45, 7) is 2.26. The van der Waals surface area contributed by atoms with Gasteiger partial charge in [-0.1, -0.05) is 45.1 Å². The molecule has 1 unspecified atom stereocenters. The summed E-state index contributed by atoms with van der Waals surface area (Å²) in [6, 6.07) is 6.73. The van der Waals surface area contributed by atoms with Crippen LogP contribution < -0.4 is 14.8 Å². The molecule has 3 heteroatoms. The number of unbranched alkanes of at least 4 members (excludes halogenated alkanes) is 4. The Morgan fingerprint density at radius 2 is 1.71 bits per heavy atom.